The summed E-state index contributed by atoms with van der Waals surface area (Å²) in [5.41, 5.74) is 0. The second kappa shape index (κ2) is 5.00. The standard InChI is InChI=1S/C6H7N3O.HI/c1-9-4-2-3-7-6(9)5-8-10;/h2-5H,1H3;1H. The third-order valence-electron chi connectivity index (χ3n) is 1.14. The van der Waals surface area contributed by atoms with Gasteiger partial charge in [-0.3, -0.25) is 0 Å². The van der Waals surface area contributed by atoms with Crippen molar-refractivity contribution in [2.45, 2.75) is 0 Å². The molecule has 0 radical (unpaired) electrons. The van der Waals surface area contributed by atoms with E-state index in [0.717, 1.165) is 0 Å². The average Bonchev–Trinajstić information content (AvgIpc) is 1.94. The van der Waals surface area contributed by atoms with Crippen molar-refractivity contribution >= 4 is 6.21 Å². The highest BCUT2D eigenvalue weighted by molar-refractivity contribution is 5.71. The third kappa shape index (κ3) is 2.79. The lowest BCUT2D eigenvalue weighted by Gasteiger charge is -1.87. The largest absolute Gasteiger partial charge is 1.00 e. The van der Waals surface area contributed by atoms with E-state index in [-0.39, 0.29) is 24.0 Å². The molecular formula is C6H8IN3O. The number of oxime groups is 1. The summed E-state index contributed by atoms with van der Waals surface area (Å²) in [7, 11) is 1.82. The lowest BCUT2D eigenvalue weighted by atomic mass is 10.5. The van der Waals surface area contributed by atoms with Crippen LogP contribution in [0.2, 0.25) is 0 Å². The molecule has 1 rings (SSSR count). The van der Waals surface area contributed by atoms with Crippen molar-refractivity contribution in [3.8, 4) is 0 Å². The van der Waals surface area contributed by atoms with Gasteiger partial charge in [-0.05, 0) is 4.98 Å². The molecule has 1 N–H and O–H groups in total. The van der Waals surface area contributed by atoms with Gasteiger partial charge in [0.05, 0.1) is 13.2 Å². The predicted molar refractivity (Wildman–Crippen MR) is 34.8 cm³/mol. The van der Waals surface area contributed by atoms with Crippen molar-refractivity contribution in [3.63, 3.8) is 0 Å². The predicted octanol–water partition coefficient (Wildman–Crippen LogP) is -3.28. The summed E-state index contributed by atoms with van der Waals surface area (Å²) in [6, 6.07) is 1.80. The minimum absolute atomic E-state index is 0. The molecule has 0 amide bonds. The minimum Gasteiger partial charge on any atom is -1.00 e. The lowest BCUT2D eigenvalue weighted by Crippen LogP contribution is -3.00. The molecule has 5 heteroatoms. The number of aryl methyl sites for hydroxylation is 1. The zero-order chi connectivity index (χ0) is 7.40. The summed E-state index contributed by atoms with van der Waals surface area (Å²) in [6.07, 6.45) is 4.74. The van der Waals surface area contributed by atoms with Crippen LogP contribution in [0.3, 0.4) is 0 Å². The second-order valence-corrected chi connectivity index (χ2v) is 1.83. The summed E-state index contributed by atoms with van der Waals surface area (Å²) >= 11 is 0. The van der Waals surface area contributed by atoms with Gasteiger partial charge in [-0.15, -0.1) is 0 Å². The Morgan fingerprint density at radius 2 is 2.45 bits per heavy atom. The molecule has 0 unspecified atom stereocenters. The molecule has 11 heavy (non-hydrogen) atoms. The van der Waals surface area contributed by atoms with Gasteiger partial charge in [0.15, 0.2) is 6.21 Å². The molecular weight excluding hydrogens is 257 g/mol. The van der Waals surface area contributed by atoms with Gasteiger partial charge in [-0.25, -0.2) is 4.57 Å². The fourth-order valence-electron chi connectivity index (χ4n) is 0.630. The van der Waals surface area contributed by atoms with Crippen molar-refractivity contribution in [1.82, 2.24) is 4.98 Å². The topological polar surface area (TPSA) is 49.4 Å². The van der Waals surface area contributed by atoms with Gasteiger partial charge in [-0.1, -0.05) is 5.16 Å². The van der Waals surface area contributed by atoms with E-state index < -0.39 is 0 Å². The molecule has 1 aromatic rings. The molecule has 0 aromatic carbocycles. The quantitative estimate of drug-likeness (QED) is 0.190. The zero-order valence-electron chi connectivity index (χ0n) is 5.98. The van der Waals surface area contributed by atoms with E-state index in [9.17, 15) is 0 Å². The van der Waals surface area contributed by atoms with Crippen LogP contribution in [0.1, 0.15) is 5.82 Å². The number of aromatic nitrogens is 2. The molecule has 0 saturated carbocycles. The van der Waals surface area contributed by atoms with E-state index in [1.165, 1.54) is 6.21 Å². The maximum absolute atomic E-state index is 8.16. The average molecular weight is 265 g/mol. The Labute approximate surface area is 81.6 Å². The Bertz CT molecular complexity index is 251. The van der Waals surface area contributed by atoms with E-state index in [4.69, 9.17) is 5.21 Å². The summed E-state index contributed by atoms with van der Waals surface area (Å²) in [4.78, 5) is 3.92. The number of halogens is 1. The van der Waals surface area contributed by atoms with Crippen LogP contribution < -0.4 is 28.5 Å². The van der Waals surface area contributed by atoms with Gasteiger partial charge >= 0.3 is 5.82 Å². The highest BCUT2D eigenvalue weighted by Crippen LogP contribution is 1.77. The first-order chi connectivity index (χ1) is 4.84. The van der Waals surface area contributed by atoms with Crippen LogP contribution in [-0.2, 0) is 7.05 Å². The van der Waals surface area contributed by atoms with Gasteiger partial charge < -0.3 is 29.2 Å². The molecule has 0 aliphatic carbocycles. The number of hydrogen-bond donors (Lipinski definition) is 1. The van der Waals surface area contributed by atoms with E-state index in [0.29, 0.717) is 5.82 Å². The zero-order valence-corrected chi connectivity index (χ0v) is 8.13. The van der Waals surface area contributed by atoms with E-state index in [1.807, 2.05) is 13.2 Å². The minimum atomic E-state index is 0. The molecule has 0 spiro atoms. The van der Waals surface area contributed by atoms with Crippen LogP contribution in [0.15, 0.2) is 23.6 Å². The first kappa shape index (κ1) is 10.3. The Morgan fingerprint density at radius 3 is 3.00 bits per heavy atom. The monoisotopic (exact) mass is 265 g/mol. The normalized spacial score (nSPS) is 9.55. The van der Waals surface area contributed by atoms with Gasteiger partial charge in [0, 0.05) is 6.07 Å². The van der Waals surface area contributed by atoms with Gasteiger partial charge in [0.25, 0.3) is 0 Å². The number of rotatable bonds is 1. The van der Waals surface area contributed by atoms with Gasteiger partial charge in [-0.2, -0.15) is 0 Å². The number of nitrogens with zero attached hydrogens (tertiary/aromatic N) is 3. The summed E-state index contributed by atoms with van der Waals surface area (Å²) in [6.45, 7) is 0. The highest BCUT2D eigenvalue weighted by Gasteiger charge is 2.01. The van der Waals surface area contributed by atoms with Gasteiger partial charge in [0.2, 0.25) is 0 Å². The van der Waals surface area contributed by atoms with Crippen LogP contribution in [0.25, 0.3) is 0 Å². The molecule has 0 aliphatic heterocycles. The first-order valence-electron chi connectivity index (χ1n) is 2.82. The molecule has 0 aliphatic rings. The maximum Gasteiger partial charge on any atom is 0.344 e. The summed E-state index contributed by atoms with van der Waals surface area (Å²) in [5, 5.41) is 11.0. The Morgan fingerprint density at radius 1 is 1.73 bits per heavy atom. The van der Waals surface area contributed by atoms with Crippen LogP contribution in [0.4, 0.5) is 0 Å². The van der Waals surface area contributed by atoms with Crippen molar-refractivity contribution in [2.75, 3.05) is 0 Å². The molecule has 0 bridgehead atoms. The molecule has 1 heterocycles. The van der Waals surface area contributed by atoms with E-state index >= 15 is 0 Å². The van der Waals surface area contributed by atoms with Crippen LogP contribution >= 0.6 is 0 Å². The third-order valence-corrected chi connectivity index (χ3v) is 1.14. The molecule has 60 valence electrons. The SMILES string of the molecule is C[n+]1cccnc1/C=N/O.[I-]. The maximum atomic E-state index is 8.16. The lowest BCUT2D eigenvalue weighted by molar-refractivity contribution is -0.675. The molecule has 0 atom stereocenters. The smallest absolute Gasteiger partial charge is 0.344 e. The van der Waals surface area contributed by atoms with E-state index in [2.05, 4.69) is 10.1 Å². The van der Waals surface area contributed by atoms with Crippen molar-refractivity contribution < 1.29 is 33.8 Å². The van der Waals surface area contributed by atoms with Crippen LogP contribution in [0.5, 0.6) is 0 Å². The highest BCUT2D eigenvalue weighted by atomic mass is 127. The fraction of sp³-hybridized carbons (Fsp3) is 0.167. The van der Waals surface area contributed by atoms with Crippen LogP contribution in [0, 0.1) is 0 Å². The van der Waals surface area contributed by atoms with E-state index in [1.54, 1.807) is 16.8 Å². The Kier molecular flexibility index (Phi) is 4.67. The summed E-state index contributed by atoms with van der Waals surface area (Å²) < 4.78 is 1.75. The van der Waals surface area contributed by atoms with Gasteiger partial charge in [0.1, 0.15) is 6.20 Å². The Balaban J connectivity index is 0.000001000. The second-order valence-electron chi connectivity index (χ2n) is 1.83. The number of hydrogen-bond acceptors (Lipinski definition) is 3. The molecule has 0 fully saturated rings. The summed E-state index contributed by atoms with van der Waals surface area (Å²) in [5.74, 6) is 0.616. The van der Waals surface area contributed by atoms with Crippen molar-refractivity contribution in [1.29, 1.82) is 0 Å². The molecule has 1 aromatic heterocycles. The van der Waals surface area contributed by atoms with Crippen LogP contribution in [-0.4, -0.2) is 16.4 Å². The Hall–Kier alpha value is -0.720. The first-order valence-corrected chi connectivity index (χ1v) is 2.82. The van der Waals surface area contributed by atoms with Crippen molar-refractivity contribution in [2.24, 2.45) is 12.2 Å². The fourth-order valence-corrected chi connectivity index (χ4v) is 0.630. The molecule has 4 nitrogen and oxygen atoms in total. The molecule has 0 saturated heterocycles. The van der Waals surface area contributed by atoms with Crippen molar-refractivity contribution in [3.05, 3.63) is 24.3 Å².